The van der Waals surface area contributed by atoms with Gasteiger partial charge in [-0.15, -0.1) is 0 Å². The number of rotatable bonds is 4. The maximum absolute atomic E-state index is 12.4. The molecule has 0 aliphatic carbocycles. The van der Waals surface area contributed by atoms with Gasteiger partial charge in [-0.2, -0.15) is 0 Å². The quantitative estimate of drug-likeness (QED) is 0.943. The number of nitrogens with one attached hydrogen (secondary N) is 1. The van der Waals surface area contributed by atoms with Gasteiger partial charge in [0.05, 0.1) is 11.6 Å². The second-order valence-corrected chi connectivity index (χ2v) is 5.69. The molecule has 3 rings (SSSR count). The van der Waals surface area contributed by atoms with E-state index in [0.29, 0.717) is 19.5 Å². The molecule has 22 heavy (non-hydrogen) atoms. The molecule has 2 aromatic carbocycles. The lowest BCUT2D eigenvalue weighted by Gasteiger charge is -2.19. The first kappa shape index (κ1) is 14.6. The summed E-state index contributed by atoms with van der Waals surface area (Å²) in [4.78, 5) is 26.2. The van der Waals surface area contributed by atoms with Crippen molar-refractivity contribution in [2.24, 2.45) is 5.92 Å². The predicted molar refractivity (Wildman–Crippen MR) is 87.7 cm³/mol. The van der Waals surface area contributed by atoms with Crippen LogP contribution < -0.4 is 10.2 Å². The van der Waals surface area contributed by atoms with Crippen LogP contribution in [0.3, 0.4) is 0 Å². The molecule has 0 saturated carbocycles. The summed E-state index contributed by atoms with van der Waals surface area (Å²) in [6.07, 6.45) is 1.19. The highest BCUT2D eigenvalue weighted by atomic mass is 16.2. The topological polar surface area (TPSA) is 49.4 Å². The fourth-order valence-electron chi connectivity index (χ4n) is 2.95. The number of carbonyl (C=O) groups is 2. The number of amides is 2. The molecule has 1 atom stereocenters. The van der Waals surface area contributed by atoms with Crippen molar-refractivity contribution in [1.82, 2.24) is 5.32 Å². The monoisotopic (exact) mass is 296 g/mol. The summed E-state index contributed by atoms with van der Waals surface area (Å²) < 4.78 is 0. The number of hydrogen-bond donors (Lipinski definition) is 1. The summed E-state index contributed by atoms with van der Waals surface area (Å²) >= 11 is 0. The molecule has 0 unspecified atom stereocenters. The fourth-order valence-corrected chi connectivity index (χ4v) is 2.95. The predicted octanol–water partition coefficient (Wildman–Crippen LogP) is 2.72. The zero-order chi connectivity index (χ0) is 15.5. The lowest BCUT2D eigenvalue weighted by molar-refractivity contribution is -0.126. The van der Waals surface area contributed by atoms with Gasteiger partial charge >= 0.3 is 0 Å². The van der Waals surface area contributed by atoms with E-state index < -0.39 is 0 Å². The Labute approximate surface area is 130 Å². The second-order valence-electron chi connectivity index (χ2n) is 5.69. The average molecular weight is 296 g/mol. The van der Waals surface area contributed by atoms with Crippen LogP contribution >= 0.6 is 0 Å². The molecule has 1 saturated heterocycles. The van der Waals surface area contributed by atoms with Crippen molar-refractivity contribution in [1.29, 1.82) is 0 Å². The third-order valence-electron chi connectivity index (χ3n) is 4.10. The van der Waals surface area contributed by atoms with E-state index in [-0.39, 0.29) is 17.7 Å². The van der Waals surface area contributed by atoms with Crippen molar-refractivity contribution in [3.05, 3.63) is 42.5 Å². The van der Waals surface area contributed by atoms with E-state index >= 15 is 0 Å². The Morgan fingerprint density at radius 2 is 2.00 bits per heavy atom. The number of hydrogen-bond acceptors (Lipinski definition) is 2. The van der Waals surface area contributed by atoms with Gasteiger partial charge in [-0.05, 0) is 17.9 Å². The molecule has 4 heteroatoms. The Morgan fingerprint density at radius 3 is 2.82 bits per heavy atom. The highest BCUT2D eigenvalue weighted by molar-refractivity contribution is 6.06. The third kappa shape index (κ3) is 2.69. The van der Waals surface area contributed by atoms with Crippen molar-refractivity contribution in [3.63, 3.8) is 0 Å². The van der Waals surface area contributed by atoms with Crippen LogP contribution in [-0.2, 0) is 9.59 Å². The number of nitrogens with zero attached hydrogens (tertiary/aromatic N) is 1. The summed E-state index contributed by atoms with van der Waals surface area (Å²) in [5.41, 5.74) is 0.897. The highest BCUT2D eigenvalue weighted by Gasteiger charge is 2.35. The first-order valence-electron chi connectivity index (χ1n) is 7.76. The van der Waals surface area contributed by atoms with Crippen LogP contribution in [0.15, 0.2) is 42.5 Å². The van der Waals surface area contributed by atoms with Gasteiger partial charge in [0, 0.05) is 24.9 Å². The number of fused-ring (bicyclic) bond motifs is 1. The molecule has 1 heterocycles. The van der Waals surface area contributed by atoms with Crippen LogP contribution in [0.4, 0.5) is 5.69 Å². The SMILES string of the molecule is CCCNC(=O)[C@@H]1CC(=O)N(c2cccc3ccccc23)C1. The minimum Gasteiger partial charge on any atom is -0.356 e. The molecule has 1 aliphatic heterocycles. The molecule has 0 radical (unpaired) electrons. The van der Waals surface area contributed by atoms with Gasteiger partial charge in [0.1, 0.15) is 0 Å². The summed E-state index contributed by atoms with van der Waals surface area (Å²) in [6.45, 7) is 3.14. The van der Waals surface area contributed by atoms with Crippen LogP contribution in [0.25, 0.3) is 10.8 Å². The Balaban J connectivity index is 1.86. The van der Waals surface area contributed by atoms with Crippen molar-refractivity contribution < 1.29 is 9.59 Å². The zero-order valence-corrected chi connectivity index (χ0v) is 12.7. The first-order chi connectivity index (χ1) is 10.7. The maximum Gasteiger partial charge on any atom is 0.227 e. The zero-order valence-electron chi connectivity index (χ0n) is 12.7. The van der Waals surface area contributed by atoms with Gasteiger partial charge in [-0.25, -0.2) is 0 Å². The molecule has 0 bridgehead atoms. The van der Waals surface area contributed by atoms with E-state index in [2.05, 4.69) is 5.32 Å². The number of carbonyl (C=O) groups excluding carboxylic acids is 2. The smallest absolute Gasteiger partial charge is 0.227 e. The van der Waals surface area contributed by atoms with Crippen LogP contribution in [0, 0.1) is 5.92 Å². The molecule has 0 spiro atoms. The lowest BCUT2D eigenvalue weighted by atomic mass is 10.1. The van der Waals surface area contributed by atoms with E-state index in [9.17, 15) is 9.59 Å². The average Bonchev–Trinajstić information content (AvgIpc) is 2.94. The molecule has 0 aromatic heterocycles. The van der Waals surface area contributed by atoms with Gasteiger partial charge in [0.25, 0.3) is 0 Å². The fraction of sp³-hybridized carbons (Fsp3) is 0.333. The van der Waals surface area contributed by atoms with Crippen molar-refractivity contribution in [2.75, 3.05) is 18.0 Å². The maximum atomic E-state index is 12.4. The van der Waals surface area contributed by atoms with Gasteiger partial charge in [-0.3, -0.25) is 9.59 Å². The lowest BCUT2D eigenvalue weighted by Crippen LogP contribution is -2.33. The standard InChI is InChI=1S/C18H20N2O2/c1-2-10-19-18(22)14-11-17(21)20(12-14)16-9-5-7-13-6-3-4-8-15(13)16/h3-9,14H,2,10-12H2,1H3,(H,19,22)/t14-/m1/s1. The third-order valence-corrected chi connectivity index (χ3v) is 4.10. The molecule has 114 valence electrons. The van der Waals surface area contributed by atoms with E-state index in [0.717, 1.165) is 22.9 Å². The minimum absolute atomic E-state index is 0.0158. The molecular formula is C18H20N2O2. The summed E-state index contributed by atoms with van der Waals surface area (Å²) in [7, 11) is 0. The number of anilines is 1. The highest BCUT2D eigenvalue weighted by Crippen LogP contribution is 2.31. The molecule has 1 aliphatic rings. The Kier molecular flexibility index (Phi) is 4.09. The van der Waals surface area contributed by atoms with E-state index in [4.69, 9.17) is 0 Å². The minimum atomic E-state index is -0.252. The Bertz CT molecular complexity index is 706. The summed E-state index contributed by atoms with van der Waals surface area (Å²) in [5.74, 6) is -0.246. The van der Waals surface area contributed by atoms with Gasteiger partial charge in [-0.1, -0.05) is 43.3 Å². The molecule has 2 aromatic rings. The Morgan fingerprint density at radius 1 is 1.23 bits per heavy atom. The van der Waals surface area contributed by atoms with Gasteiger partial charge in [0.15, 0.2) is 0 Å². The van der Waals surface area contributed by atoms with E-state index in [1.165, 1.54) is 0 Å². The first-order valence-corrected chi connectivity index (χ1v) is 7.76. The normalized spacial score (nSPS) is 18.0. The van der Waals surface area contributed by atoms with Crippen LogP contribution in [0.2, 0.25) is 0 Å². The van der Waals surface area contributed by atoms with Crippen LogP contribution in [-0.4, -0.2) is 24.9 Å². The molecule has 1 fully saturated rings. The molecule has 1 N–H and O–H groups in total. The van der Waals surface area contributed by atoms with Gasteiger partial charge in [0.2, 0.25) is 11.8 Å². The van der Waals surface area contributed by atoms with E-state index in [1.54, 1.807) is 4.90 Å². The Hall–Kier alpha value is -2.36. The van der Waals surface area contributed by atoms with Crippen LogP contribution in [0.5, 0.6) is 0 Å². The van der Waals surface area contributed by atoms with Crippen molar-refractivity contribution >= 4 is 28.3 Å². The van der Waals surface area contributed by atoms with E-state index in [1.807, 2.05) is 49.4 Å². The molecule has 4 nitrogen and oxygen atoms in total. The summed E-state index contributed by atoms with van der Waals surface area (Å²) in [5, 5.41) is 5.04. The molecule has 2 amide bonds. The van der Waals surface area contributed by atoms with Crippen LogP contribution in [0.1, 0.15) is 19.8 Å². The number of benzene rings is 2. The van der Waals surface area contributed by atoms with Crippen molar-refractivity contribution in [2.45, 2.75) is 19.8 Å². The second kappa shape index (κ2) is 6.18. The largest absolute Gasteiger partial charge is 0.356 e. The molecular weight excluding hydrogens is 276 g/mol. The summed E-state index contributed by atoms with van der Waals surface area (Å²) in [6, 6.07) is 13.9. The van der Waals surface area contributed by atoms with Gasteiger partial charge < -0.3 is 10.2 Å². The van der Waals surface area contributed by atoms with Crippen molar-refractivity contribution in [3.8, 4) is 0 Å².